The van der Waals surface area contributed by atoms with Crippen molar-refractivity contribution in [3.63, 3.8) is 0 Å². The van der Waals surface area contributed by atoms with Crippen LogP contribution in [-0.2, 0) is 14.4 Å². The van der Waals surface area contributed by atoms with Crippen LogP contribution in [0.3, 0.4) is 0 Å². The van der Waals surface area contributed by atoms with E-state index in [0.717, 1.165) is 28.0 Å². The molecule has 0 aromatic carbocycles. The predicted octanol–water partition coefficient (Wildman–Crippen LogP) is -0.654. The molecule has 14 nitrogen and oxygen atoms in total. The number of thioether (sulfide) groups is 2. The molecular formula is C16H15N9O5S3. The number of carbonyl (C=O) groups excluding carboxylic acids is 2. The number of aliphatic carboxylic acids is 1. The van der Waals surface area contributed by atoms with Crippen LogP contribution in [0.5, 0.6) is 0 Å². The van der Waals surface area contributed by atoms with Crippen molar-refractivity contribution in [1.82, 2.24) is 25.2 Å². The zero-order valence-electron chi connectivity index (χ0n) is 16.3. The summed E-state index contributed by atoms with van der Waals surface area (Å²) in [5.41, 5.74) is 16.2. The summed E-state index contributed by atoms with van der Waals surface area (Å²) in [6.07, 6.45) is 0. The minimum absolute atomic E-state index is 0.0469. The van der Waals surface area contributed by atoms with Crippen molar-refractivity contribution in [2.45, 2.75) is 16.4 Å². The molecule has 4 rings (SSSR count). The van der Waals surface area contributed by atoms with Crippen LogP contribution in [0.2, 0.25) is 0 Å². The fraction of sp³-hybridized carbons (Fsp3) is 0.188. The summed E-state index contributed by atoms with van der Waals surface area (Å²) in [4.78, 5) is 50.4. The highest BCUT2D eigenvalue weighted by Crippen LogP contribution is 2.45. The van der Waals surface area contributed by atoms with E-state index in [-0.39, 0.29) is 34.0 Å². The average Bonchev–Trinajstić information content (AvgIpc) is 3.17. The van der Waals surface area contributed by atoms with Crippen molar-refractivity contribution >= 4 is 75.3 Å². The van der Waals surface area contributed by atoms with Gasteiger partial charge in [0.15, 0.2) is 10.8 Å². The smallest absolute Gasteiger partial charge is 0.353 e. The van der Waals surface area contributed by atoms with E-state index in [1.807, 2.05) is 0 Å². The Morgan fingerprint density at radius 2 is 2.03 bits per heavy atom. The second-order valence-corrected chi connectivity index (χ2v) is 9.66. The lowest BCUT2D eigenvalue weighted by molar-refractivity contribution is -0.150. The number of carbonyl (C=O) groups is 3. The highest BCUT2D eigenvalue weighted by Gasteiger charge is 2.54. The number of nitrogens with two attached hydrogens (primary N) is 3. The van der Waals surface area contributed by atoms with Crippen LogP contribution >= 0.6 is 34.9 Å². The summed E-state index contributed by atoms with van der Waals surface area (Å²) < 4.78 is 0. The van der Waals surface area contributed by atoms with Crippen LogP contribution in [0.1, 0.15) is 5.69 Å². The number of nitrogens with zero attached hydrogens (tertiary/aromatic N) is 5. The quantitative estimate of drug-likeness (QED) is 0.0934. The fourth-order valence-corrected chi connectivity index (χ4v) is 6.16. The van der Waals surface area contributed by atoms with E-state index in [2.05, 4.69) is 25.4 Å². The van der Waals surface area contributed by atoms with Gasteiger partial charge in [-0.05, 0) is 0 Å². The van der Waals surface area contributed by atoms with Crippen molar-refractivity contribution < 1.29 is 24.7 Å². The van der Waals surface area contributed by atoms with Crippen molar-refractivity contribution in [1.29, 1.82) is 0 Å². The summed E-state index contributed by atoms with van der Waals surface area (Å²) in [5.74, 6) is -2.52. The molecule has 1 unspecified atom stereocenters. The number of rotatable bonds is 6. The molecule has 1 saturated heterocycles. The van der Waals surface area contributed by atoms with Gasteiger partial charge >= 0.3 is 5.97 Å². The Balaban J connectivity index is 1.54. The molecular weight excluding hydrogens is 494 g/mol. The van der Waals surface area contributed by atoms with E-state index in [4.69, 9.17) is 17.2 Å². The maximum Gasteiger partial charge on any atom is 0.353 e. The second kappa shape index (κ2) is 8.75. The zero-order valence-corrected chi connectivity index (χ0v) is 18.8. The third-order valence-electron chi connectivity index (χ3n) is 4.47. The molecule has 0 spiro atoms. The molecule has 2 aliphatic rings. The first-order valence-corrected chi connectivity index (χ1v) is 11.7. The van der Waals surface area contributed by atoms with Gasteiger partial charge in [0.25, 0.3) is 11.8 Å². The Hall–Kier alpha value is -3.57. The lowest BCUT2D eigenvalue weighted by Gasteiger charge is -2.49. The molecule has 0 aliphatic carbocycles. The Bertz CT molecular complexity index is 1210. The van der Waals surface area contributed by atoms with E-state index in [0.29, 0.717) is 9.93 Å². The Kier molecular flexibility index (Phi) is 6.00. The molecule has 9 N–H and O–H groups in total. The number of hydrogen-bond donors (Lipinski definition) is 6. The molecule has 0 radical (unpaired) electrons. The molecule has 0 bridgehead atoms. The molecule has 4 heterocycles. The molecule has 2 amide bonds. The van der Waals surface area contributed by atoms with E-state index in [1.54, 1.807) is 0 Å². The summed E-state index contributed by atoms with van der Waals surface area (Å²) in [7, 11) is 0. The van der Waals surface area contributed by atoms with Crippen molar-refractivity contribution in [3.05, 3.63) is 27.7 Å². The fourth-order valence-electron chi connectivity index (χ4n) is 3.13. The Morgan fingerprint density at radius 1 is 1.27 bits per heavy atom. The molecule has 2 aromatic heterocycles. The highest BCUT2D eigenvalue weighted by atomic mass is 32.2. The summed E-state index contributed by atoms with van der Waals surface area (Å²) in [5, 5.41) is 25.7. The highest BCUT2D eigenvalue weighted by molar-refractivity contribution is 8.06. The SMILES string of the molecule is Nc1cc(SC2=C(C(=O)O)N3C(=O)C(NC(=O)/C(=N/O)c4csc(N)n4)[C@H]3SC2)nc(N)n1. The Labute approximate surface area is 197 Å². The molecule has 2 aliphatic heterocycles. The first-order chi connectivity index (χ1) is 15.7. The largest absolute Gasteiger partial charge is 0.477 e. The van der Waals surface area contributed by atoms with Crippen LogP contribution in [0.4, 0.5) is 16.9 Å². The number of fused-ring (bicyclic) bond motifs is 1. The normalized spacial score (nSPS) is 20.3. The van der Waals surface area contributed by atoms with Gasteiger partial charge in [0.2, 0.25) is 5.95 Å². The summed E-state index contributed by atoms with van der Waals surface area (Å²) in [6, 6.07) is 0.410. The van der Waals surface area contributed by atoms with Gasteiger partial charge in [-0.25, -0.2) is 14.8 Å². The van der Waals surface area contributed by atoms with Crippen LogP contribution in [0.25, 0.3) is 0 Å². The topological polar surface area (TPSA) is 236 Å². The van der Waals surface area contributed by atoms with E-state index < -0.39 is 34.9 Å². The third-order valence-corrected chi connectivity index (χ3v) is 7.61. The molecule has 172 valence electrons. The predicted molar refractivity (Wildman–Crippen MR) is 121 cm³/mol. The molecule has 2 aromatic rings. The maximum absolute atomic E-state index is 12.8. The van der Waals surface area contributed by atoms with Crippen LogP contribution < -0.4 is 22.5 Å². The first kappa shape index (κ1) is 22.6. The summed E-state index contributed by atoms with van der Waals surface area (Å²) in [6.45, 7) is 0. The van der Waals surface area contributed by atoms with E-state index in [1.165, 1.54) is 23.2 Å². The van der Waals surface area contributed by atoms with E-state index in [9.17, 15) is 24.7 Å². The van der Waals surface area contributed by atoms with Crippen molar-refractivity contribution in [2.24, 2.45) is 5.16 Å². The number of hydrogen-bond acceptors (Lipinski definition) is 14. The minimum atomic E-state index is -1.31. The molecule has 17 heteroatoms. The van der Waals surface area contributed by atoms with Gasteiger partial charge in [0.1, 0.15) is 33.7 Å². The van der Waals surface area contributed by atoms with Crippen molar-refractivity contribution in [2.75, 3.05) is 23.0 Å². The number of amides is 2. The lowest BCUT2D eigenvalue weighted by Crippen LogP contribution is -2.71. The zero-order chi connectivity index (χ0) is 23.9. The monoisotopic (exact) mass is 509 g/mol. The van der Waals surface area contributed by atoms with Crippen LogP contribution in [-0.4, -0.2) is 70.8 Å². The van der Waals surface area contributed by atoms with Gasteiger partial charge < -0.3 is 32.8 Å². The van der Waals surface area contributed by atoms with Gasteiger partial charge in [-0.2, -0.15) is 4.98 Å². The number of anilines is 3. The number of carboxylic acids is 1. The third kappa shape index (κ3) is 4.24. The lowest BCUT2D eigenvalue weighted by atomic mass is 10.0. The number of nitrogens with one attached hydrogen (secondary N) is 1. The number of β-lactam (4-membered cyclic amide) rings is 1. The Morgan fingerprint density at radius 3 is 2.64 bits per heavy atom. The van der Waals surface area contributed by atoms with Crippen molar-refractivity contribution in [3.8, 4) is 0 Å². The number of thiazole rings is 1. The van der Waals surface area contributed by atoms with Crippen LogP contribution in [0, 0.1) is 0 Å². The number of oxime groups is 1. The number of aromatic nitrogens is 3. The second-order valence-electron chi connectivity index (χ2n) is 6.55. The van der Waals surface area contributed by atoms with Gasteiger partial charge in [0, 0.05) is 22.1 Å². The summed E-state index contributed by atoms with van der Waals surface area (Å²) >= 11 is 3.30. The average molecular weight is 510 g/mol. The van der Waals surface area contributed by atoms with Crippen LogP contribution in [0.15, 0.2) is 32.2 Å². The molecule has 2 atom stereocenters. The standard InChI is InChI=1S/C16H15N9O5S3/c17-6-1-7(22-15(18)21-6)33-5-3-31-13-9(12(27)25(13)10(5)14(28)29)23-11(26)8(24-30)4-2-32-16(19)20-4/h1-2,9,13,30H,3H2,(H2,19,20)(H,23,26)(H,28,29)(H4,17,18,21,22)/b24-8+/t9?,13-/m1/s1. The van der Waals surface area contributed by atoms with E-state index >= 15 is 0 Å². The number of nitrogen functional groups attached to an aromatic ring is 3. The van der Waals surface area contributed by atoms with Gasteiger partial charge in [0.05, 0.1) is 0 Å². The maximum atomic E-state index is 12.8. The van der Waals surface area contributed by atoms with Gasteiger partial charge in [-0.3, -0.25) is 14.5 Å². The molecule has 33 heavy (non-hydrogen) atoms. The minimum Gasteiger partial charge on any atom is -0.477 e. The number of carboxylic acid groups (broad SMARTS) is 1. The first-order valence-electron chi connectivity index (χ1n) is 8.93. The molecule has 0 saturated carbocycles. The molecule has 1 fully saturated rings. The van der Waals surface area contributed by atoms with Gasteiger partial charge in [-0.15, -0.1) is 23.1 Å². The van der Waals surface area contributed by atoms with Gasteiger partial charge in [-0.1, -0.05) is 16.9 Å².